The van der Waals surface area contributed by atoms with Crippen molar-refractivity contribution >= 4 is 15.7 Å². The first kappa shape index (κ1) is 16.0. The summed E-state index contributed by atoms with van der Waals surface area (Å²) in [5.41, 5.74) is 0.764. The van der Waals surface area contributed by atoms with Crippen LogP contribution in [0.5, 0.6) is 5.75 Å². The van der Waals surface area contributed by atoms with E-state index >= 15 is 0 Å². The molecule has 0 spiro atoms. The average Bonchev–Trinajstić information content (AvgIpc) is 2.47. The fourth-order valence-corrected chi connectivity index (χ4v) is 3.03. The number of ether oxygens (including phenoxy) is 2. The van der Waals surface area contributed by atoms with Gasteiger partial charge in [-0.3, -0.25) is 0 Å². The quantitative estimate of drug-likeness (QED) is 0.678. The van der Waals surface area contributed by atoms with Crippen LogP contribution in [0.2, 0.25) is 0 Å². The number of hydrogen-bond donors (Lipinski definition) is 2. The Hall–Kier alpha value is -1.35. The van der Waals surface area contributed by atoms with Crippen LogP contribution >= 0.6 is 0 Å². The molecule has 1 aliphatic rings. The largest absolute Gasteiger partial charge is 0.490 e. The van der Waals surface area contributed by atoms with Gasteiger partial charge >= 0.3 is 0 Å². The van der Waals surface area contributed by atoms with E-state index in [2.05, 4.69) is 4.72 Å². The third-order valence-electron chi connectivity index (χ3n) is 3.11. The Morgan fingerprint density at radius 3 is 3.00 bits per heavy atom. The van der Waals surface area contributed by atoms with Crippen LogP contribution in [-0.2, 0) is 14.8 Å². The first-order valence-corrected chi connectivity index (χ1v) is 8.19. The van der Waals surface area contributed by atoms with Crippen molar-refractivity contribution in [3.05, 3.63) is 18.2 Å². The maximum atomic E-state index is 12.2. The monoisotopic (exact) mass is 316 g/mol. The Bertz CT molecular complexity index is 576. The second-order valence-corrected chi connectivity index (χ2v) is 6.40. The van der Waals surface area contributed by atoms with Gasteiger partial charge in [0.15, 0.2) is 0 Å². The molecule has 0 aromatic heterocycles. The predicted molar refractivity (Wildman–Crippen MR) is 78.3 cm³/mol. The van der Waals surface area contributed by atoms with Crippen LogP contribution in [0.1, 0.15) is 0 Å². The van der Waals surface area contributed by atoms with Crippen LogP contribution < -0.4 is 14.4 Å². The van der Waals surface area contributed by atoms with Crippen LogP contribution in [0.15, 0.2) is 23.1 Å². The Kier molecular flexibility index (Phi) is 5.40. The molecule has 0 saturated carbocycles. The lowest BCUT2D eigenvalue weighted by Gasteiger charge is -2.28. The fraction of sp³-hybridized carbons (Fsp3) is 0.538. The number of rotatable bonds is 7. The number of anilines is 1. The van der Waals surface area contributed by atoms with Crippen molar-refractivity contribution in [1.82, 2.24) is 4.72 Å². The smallest absolute Gasteiger partial charge is 0.240 e. The van der Waals surface area contributed by atoms with Gasteiger partial charge in [0.25, 0.3) is 0 Å². The first-order valence-electron chi connectivity index (χ1n) is 6.71. The minimum Gasteiger partial charge on any atom is -0.490 e. The molecule has 0 atom stereocenters. The summed E-state index contributed by atoms with van der Waals surface area (Å²) >= 11 is 0. The summed E-state index contributed by atoms with van der Waals surface area (Å²) in [5, 5.41) is 8.56. The maximum Gasteiger partial charge on any atom is 0.240 e. The normalized spacial score (nSPS) is 14.7. The van der Waals surface area contributed by atoms with Crippen LogP contribution in [0, 0.1) is 0 Å². The van der Waals surface area contributed by atoms with Gasteiger partial charge in [0.2, 0.25) is 10.0 Å². The number of likely N-dealkylation sites (N-methyl/N-ethyl adjacent to an activating group) is 1. The standard InChI is InChI=1S/C13H20N2O5S/c1-15-5-8-20-13-3-2-11(10-12(13)15)21(17,18)14-4-7-19-9-6-16/h2-3,10,14,16H,4-9H2,1H3. The second-order valence-electron chi connectivity index (χ2n) is 4.63. The molecule has 0 bridgehead atoms. The summed E-state index contributed by atoms with van der Waals surface area (Å²) in [5.74, 6) is 0.689. The summed E-state index contributed by atoms with van der Waals surface area (Å²) in [4.78, 5) is 2.16. The zero-order chi connectivity index (χ0) is 15.3. The molecule has 1 aromatic carbocycles. The molecule has 0 amide bonds. The van der Waals surface area contributed by atoms with Crippen LogP contribution in [-0.4, -0.2) is 60.1 Å². The van der Waals surface area contributed by atoms with E-state index in [1.807, 2.05) is 11.9 Å². The van der Waals surface area contributed by atoms with Crippen LogP contribution in [0.4, 0.5) is 5.69 Å². The summed E-state index contributed by atoms with van der Waals surface area (Å²) in [6.45, 7) is 1.81. The SMILES string of the molecule is CN1CCOc2ccc(S(=O)(=O)NCCOCCO)cc21. The van der Waals surface area contributed by atoms with Gasteiger partial charge in [-0.1, -0.05) is 0 Å². The van der Waals surface area contributed by atoms with Gasteiger partial charge in [-0.05, 0) is 18.2 Å². The molecule has 0 unspecified atom stereocenters. The van der Waals surface area contributed by atoms with E-state index in [9.17, 15) is 8.42 Å². The zero-order valence-electron chi connectivity index (χ0n) is 11.9. The van der Waals surface area contributed by atoms with Crippen molar-refractivity contribution < 1.29 is 23.0 Å². The molecule has 2 N–H and O–H groups in total. The highest BCUT2D eigenvalue weighted by Gasteiger charge is 2.20. The number of hydrogen-bond acceptors (Lipinski definition) is 6. The molecule has 21 heavy (non-hydrogen) atoms. The summed E-state index contributed by atoms with van der Waals surface area (Å²) < 4.78 is 37.3. The third kappa shape index (κ3) is 4.07. The van der Waals surface area contributed by atoms with Crippen molar-refractivity contribution in [2.75, 3.05) is 51.5 Å². The molecule has 0 radical (unpaired) electrons. The molecule has 118 valence electrons. The molecule has 2 rings (SSSR count). The van der Waals surface area contributed by atoms with E-state index in [1.54, 1.807) is 12.1 Å². The lowest BCUT2D eigenvalue weighted by molar-refractivity contribution is 0.0961. The van der Waals surface area contributed by atoms with Crippen molar-refractivity contribution in [1.29, 1.82) is 0 Å². The molecular formula is C13H20N2O5S. The Balaban J connectivity index is 2.04. The van der Waals surface area contributed by atoms with Crippen molar-refractivity contribution in [2.45, 2.75) is 4.90 Å². The maximum absolute atomic E-state index is 12.2. The van der Waals surface area contributed by atoms with Crippen LogP contribution in [0.3, 0.4) is 0 Å². The fourth-order valence-electron chi connectivity index (χ4n) is 2.00. The number of nitrogens with zero attached hydrogens (tertiary/aromatic N) is 1. The van der Waals surface area contributed by atoms with Gasteiger partial charge in [0.1, 0.15) is 12.4 Å². The highest BCUT2D eigenvalue weighted by atomic mass is 32.2. The molecule has 0 fully saturated rings. The number of aliphatic hydroxyl groups is 1. The van der Waals surface area contributed by atoms with Gasteiger partial charge in [-0.2, -0.15) is 0 Å². The molecule has 1 aliphatic heterocycles. The average molecular weight is 316 g/mol. The summed E-state index contributed by atoms with van der Waals surface area (Å²) in [6.07, 6.45) is 0. The highest BCUT2D eigenvalue weighted by Crippen LogP contribution is 2.32. The topological polar surface area (TPSA) is 88.1 Å². The van der Waals surface area contributed by atoms with Crippen LogP contribution in [0.25, 0.3) is 0 Å². The number of benzene rings is 1. The molecule has 7 nitrogen and oxygen atoms in total. The minimum atomic E-state index is -3.58. The Morgan fingerprint density at radius 2 is 2.24 bits per heavy atom. The number of nitrogens with one attached hydrogen (secondary N) is 1. The molecule has 1 aromatic rings. The predicted octanol–water partition coefficient (Wildman–Crippen LogP) is -0.198. The van der Waals surface area contributed by atoms with E-state index in [1.165, 1.54) is 6.07 Å². The second kappa shape index (κ2) is 7.08. The summed E-state index contributed by atoms with van der Waals surface area (Å²) in [6, 6.07) is 4.79. The van der Waals surface area contributed by atoms with Gasteiger partial charge in [-0.15, -0.1) is 0 Å². The number of aliphatic hydroxyl groups excluding tert-OH is 1. The summed E-state index contributed by atoms with van der Waals surface area (Å²) in [7, 11) is -1.68. The lowest BCUT2D eigenvalue weighted by atomic mass is 10.2. The van der Waals surface area contributed by atoms with Gasteiger partial charge in [0.05, 0.1) is 36.9 Å². The molecule has 0 aliphatic carbocycles. The van der Waals surface area contributed by atoms with E-state index in [0.29, 0.717) is 12.4 Å². The lowest BCUT2D eigenvalue weighted by Crippen LogP contribution is -2.30. The third-order valence-corrected chi connectivity index (χ3v) is 4.57. The Labute approximate surface area is 124 Å². The Morgan fingerprint density at radius 1 is 1.43 bits per heavy atom. The van der Waals surface area contributed by atoms with Crippen molar-refractivity contribution in [3.63, 3.8) is 0 Å². The number of sulfonamides is 1. The highest BCUT2D eigenvalue weighted by molar-refractivity contribution is 7.89. The molecule has 1 heterocycles. The molecule has 0 saturated heterocycles. The van der Waals surface area contributed by atoms with E-state index in [-0.39, 0.29) is 31.3 Å². The number of fused-ring (bicyclic) bond motifs is 1. The van der Waals surface area contributed by atoms with E-state index < -0.39 is 10.0 Å². The van der Waals surface area contributed by atoms with E-state index in [0.717, 1.165) is 12.2 Å². The molecule has 8 heteroatoms. The molecular weight excluding hydrogens is 296 g/mol. The first-order chi connectivity index (χ1) is 10.0. The van der Waals surface area contributed by atoms with Gasteiger partial charge in [-0.25, -0.2) is 13.1 Å². The van der Waals surface area contributed by atoms with Crippen molar-refractivity contribution in [3.8, 4) is 5.75 Å². The van der Waals surface area contributed by atoms with Gasteiger partial charge < -0.3 is 19.5 Å². The minimum absolute atomic E-state index is 0.0795. The van der Waals surface area contributed by atoms with Crippen molar-refractivity contribution in [2.24, 2.45) is 0 Å². The van der Waals surface area contributed by atoms with E-state index in [4.69, 9.17) is 14.6 Å². The van der Waals surface area contributed by atoms with Gasteiger partial charge in [0, 0.05) is 13.6 Å². The zero-order valence-corrected chi connectivity index (χ0v) is 12.7.